The smallest absolute Gasteiger partial charge is 0.133 e. The van der Waals surface area contributed by atoms with E-state index in [0.717, 1.165) is 40.3 Å². The number of nitrogens with one attached hydrogen (secondary N) is 1. The Bertz CT molecular complexity index is 722. The number of nitrogens with two attached hydrogens (primary N) is 1. The highest BCUT2D eigenvalue weighted by molar-refractivity contribution is 9.10. The van der Waals surface area contributed by atoms with Gasteiger partial charge in [-0.3, -0.25) is 0 Å². The molecule has 2 unspecified atom stereocenters. The van der Waals surface area contributed by atoms with Crippen molar-refractivity contribution in [2.75, 3.05) is 34.4 Å². The molecule has 0 saturated heterocycles. The van der Waals surface area contributed by atoms with Crippen molar-refractivity contribution < 1.29 is 14.2 Å². The molecule has 0 aliphatic rings. The van der Waals surface area contributed by atoms with E-state index in [-0.39, 0.29) is 5.92 Å². The Kier molecular flexibility index (Phi) is 8.41. The summed E-state index contributed by atoms with van der Waals surface area (Å²) in [5.74, 6) is 2.58. The minimum absolute atomic E-state index is 0.125. The van der Waals surface area contributed by atoms with Crippen LogP contribution in [0.4, 0.5) is 0 Å². The van der Waals surface area contributed by atoms with Gasteiger partial charge in [-0.15, -0.1) is 0 Å². The van der Waals surface area contributed by atoms with Gasteiger partial charge in [-0.05, 0) is 59.1 Å². The monoisotopic (exact) mass is 436 g/mol. The third kappa shape index (κ3) is 5.86. The zero-order valence-corrected chi connectivity index (χ0v) is 18.0. The Labute approximate surface area is 170 Å². The van der Waals surface area contributed by atoms with Crippen molar-refractivity contribution in [3.63, 3.8) is 0 Å². The number of rotatable bonds is 10. The third-order valence-corrected chi connectivity index (χ3v) is 5.26. The van der Waals surface area contributed by atoms with Gasteiger partial charge in [-0.2, -0.15) is 0 Å². The van der Waals surface area contributed by atoms with Gasteiger partial charge in [0.2, 0.25) is 0 Å². The van der Waals surface area contributed by atoms with Crippen LogP contribution < -0.4 is 25.3 Å². The van der Waals surface area contributed by atoms with Crippen molar-refractivity contribution >= 4 is 15.9 Å². The van der Waals surface area contributed by atoms with Gasteiger partial charge >= 0.3 is 0 Å². The van der Waals surface area contributed by atoms with Crippen LogP contribution in [0.5, 0.6) is 17.2 Å². The number of hydrogen-bond donors (Lipinski definition) is 2. The highest BCUT2D eigenvalue weighted by Crippen LogP contribution is 2.36. The van der Waals surface area contributed by atoms with Crippen LogP contribution in [0.15, 0.2) is 40.9 Å². The van der Waals surface area contributed by atoms with Crippen molar-refractivity contribution in [3.05, 3.63) is 52.0 Å². The molecule has 0 radical (unpaired) electrons. The third-order valence-electron chi connectivity index (χ3n) is 4.64. The van der Waals surface area contributed by atoms with E-state index in [9.17, 15) is 0 Å². The Morgan fingerprint density at radius 1 is 1.00 bits per heavy atom. The first-order chi connectivity index (χ1) is 13.0. The van der Waals surface area contributed by atoms with E-state index in [1.54, 1.807) is 21.3 Å². The van der Waals surface area contributed by atoms with E-state index in [4.69, 9.17) is 19.9 Å². The van der Waals surface area contributed by atoms with E-state index in [0.29, 0.717) is 12.6 Å². The van der Waals surface area contributed by atoms with Gasteiger partial charge < -0.3 is 25.3 Å². The van der Waals surface area contributed by atoms with Crippen LogP contribution in [0, 0.1) is 0 Å². The highest BCUT2D eigenvalue weighted by Gasteiger charge is 2.19. The average Bonchev–Trinajstić information content (AvgIpc) is 2.69. The molecule has 0 aliphatic heterocycles. The molecule has 2 atom stereocenters. The topological polar surface area (TPSA) is 65.7 Å². The number of halogens is 1. The van der Waals surface area contributed by atoms with Crippen molar-refractivity contribution in [3.8, 4) is 17.2 Å². The van der Waals surface area contributed by atoms with Crippen molar-refractivity contribution in [1.82, 2.24) is 5.32 Å². The Morgan fingerprint density at radius 3 is 2.22 bits per heavy atom. The van der Waals surface area contributed by atoms with Crippen LogP contribution >= 0.6 is 15.9 Å². The summed E-state index contributed by atoms with van der Waals surface area (Å²) in [4.78, 5) is 0. The molecule has 6 heteroatoms. The van der Waals surface area contributed by atoms with Crippen LogP contribution in [-0.4, -0.2) is 40.5 Å². The lowest BCUT2D eigenvalue weighted by Gasteiger charge is -2.23. The molecule has 27 heavy (non-hydrogen) atoms. The maximum absolute atomic E-state index is 6.07. The van der Waals surface area contributed by atoms with Gasteiger partial charge in [0.25, 0.3) is 0 Å². The Hall–Kier alpha value is -1.76. The van der Waals surface area contributed by atoms with E-state index in [1.165, 1.54) is 5.56 Å². The summed E-state index contributed by atoms with van der Waals surface area (Å²) < 4.78 is 17.1. The summed E-state index contributed by atoms with van der Waals surface area (Å²) in [5, 5.41) is 3.59. The van der Waals surface area contributed by atoms with Crippen LogP contribution in [0.1, 0.15) is 24.0 Å². The normalized spacial score (nSPS) is 13.1. The molecule has 0 fully saturated rings. The largest absolute Gasteiger partial charge is 0.497 e. The summed E-state index contributed by atoms with van der Waals surface area (Å²) in [5.41, 5.74) is 8.38. The zero-order chi connectivity index (χ0) is 19.8. The molecule has 148 valence electrons. The molecule has 0 heterocycles. The van der Waals surface area contributed by atoms with E-state index >= 15 is 0 Å². The summed E-state index contributed by atoms with van der Waals surface area (Å²) >= 11 is 3.50. The molecule has 5 nitrogen and oxygen atoms in total. The number of hydrogen-bond acceptors (Lipinski definition) is 5. The molecule has 2 rings (SSSR count). The number of benzene rings is 2. The van der Waals surface area contributed by atoms with Gasteiger partial charge in [0.1, 0.15) is 17.2 Å². The molecule has 0 saturated carbocycles. The maximum atomic E-state index is 6.07. The first kappa shape index (κ1) is 21.5. The first-order valence-electron chi connectivity index (χ1n) is 9.00. The van der Waals surface area contributed by atoms with Gasteiger partial charge in [0, 0.05) is 30.6 Å². The molecule has 3 N–H and O–H groups in total. The van der Waals surface area contributed by atoms with Crippen LogP contribution in [0.2, 0.25) is 0 Å². The first-order valence-corrected chi connectivity index (χ1v) is 9.79. The second-order valence-electron chi connectivity index (χ2n) is 6.52. The van der Waals surface area contributed by atoms with Gasteiger partial charge in [0.15, 0.2) is 0 Å². The molecule has 2 aromatic rings. The van der Waals surface area contributed by atoms with Gasteiger partial charge in [0.05, 0.1) is 25.8 Å². The molecule has 0 aliphatic carbocycles. The van der Waals surface area contributed by atoms with Crippen molar-refractivity contribution in [2.45, 2.75) is 25.3 Å². The molecule has 0 amide bonds. The second kappa shape index (κ2) is 10.5. The Morgan fingerprint density at radius 2 is 1.67 bits per heavy atom. The van der Waals surface area contributed by atoms with Crippen molar-refractivity contribution in [2.24, 2.45) is 5.73 Å². The molecule has 0 spiro atoms. The lowest BCUT2D eigenvalue weighted by Crippen LogP contribution is -2.34. The lowest BCUT2D eigenvalue weighted by molar-refractivity contribution is 0.390. The van der Waals surface area contributed by atoms with Gasteiger partial charge in [-0.25, -0.2) is 0 Å². The predicted molar refractivity (Wildman–Crippen MR) is 113 cm³/mol. The summed E-state index contributed by atoms with van der Waals surface area (Å²) in [7, 11) is 5.01. The van der Waals surface area contributed by atoms with Crippen LogP contribution in [-0.2, 0) is 6.42 Å². The lowest BCUT2D eigenvalue weighted by atomic mass is 9.97. The van der Waals surface area contributed by atoms with Crippen LogP contribution in [0.3, 0.4) is 0 Å². The minimum atomic E-state index is 0.125. The van der Waals surface area contributed by atoms with E-state index in [2.05, 4.69) is 40.3 Å². The quantitative estimate of drug-likeness (QED) is 0.593. The molecule has 2 aromatic carbocycles. The summed E-state index contributed by atoms with van der Waals surface area (Å²) in [6.07, 6.45) is 0.933. The fraction of sp³-hybridized carbons (Fsp3) is 0.429. The fourth-order valence-corrected chi connectivity index (χ4v) is 3.54. The summed E-state index contributed by atoms with van der Waals surface area (Å²) in [6, 6.07) is 12.4. The molecule has 0 bridgehead atoms. The summed E-state index contributed by atoms with van der Waals surface area (Å²) in [6.45, 7) is 3.45. The fourth-order valence-electron chi connectivity index (χ4n) is 3.05. The minimum Gasteiger partial charge on any atom is -0.497 e. The second-order valence-corrected chi connectivity index (χ2v) is 7.38. The van der Waals surface area contributed by atoms with Crippen LogP contribution in [0.25, 0.3) is 0 Å². The van der Waals surface area contributed by atoms with Gasteiger partial charge in [-0.1, -0.05) is 12.1 Å². The zero-order valence-electron chi connectivity index (χ0n) is 16.4. The molecule has 0 aromatic heterocycles. The predicted octanol–water partition coefficient (Wildman–Crippen LogP) is 3.74. The number of ether oxygens (including phenoxy) is 3. The van der Waals surface area contributed by atoms with Crippen molar-refractivity contribution in [1.29, 1.82) is 0 Å². The Balaban J connectivity index is 2.03. The molecular weight excluding hydrogens is 408 g/mol. The number of methoxy groups -OCH3 is 3. The average molecular weight is 437 g/mol. The van der Waals surface area contributed by atoms with E-state index in [1.807, 2.05) is 24.3 Å². The highest BCUT2D eigenvalue weighted by atomic mass is 79.9. The SMILES string of the molecule is COc1ccc(CC(C)NCC(CN)c2cc(OC)c(Br)cc2OC)cc1. The van der Waals surface area contributed by atoms with E-state index < -0.39 is 0 Å². The maximum Gasteiger partial charge on any atom is 0.133 e. The molecular formula is C21H29BrN2O3. The standard InChI is InChI=1S/C21H29BrN2O3/c1-14(9-15-5-7-17(25-2)8-6-15)24-13-16(12-23)18-10-21(27-4)19(22)11-20(18)26-3/h5-8,10-11,14,16,24H,9,12-13,23H2,1-4H3.